The summed E-state index contributed by atoms with van der Waals surface area (Å²) in [4.78, 5) is 17.3. The molecule has 0 unspecified atom stereocenters. The number of benzene rings is 1. The molecule has 0 aliphatic heterocycles. The van der Waals surface area contributed by atoms with Crippen LogP contribution in [0.1, 0.15) is 17.8 Å². The smallest absolute Gasteiger partial charge is 0.143 e. The number of carbonyl (C=O) groups is 1. The van der Waals surface area contributed by atoms with Crippen molar-refractivity contribution in [2.75, 3.05) is 5.75 Å². The van der Waals surface area contributed by atoms with E-state index in [1.165, 1.54) is 10.5 Å². The monoisotopic (exact) mass is 274 g/mol. The van der Waals surface area contributed by atoms with E-state index in [9.17, 15) is 4.79 Å². The van der Waals surface area contributed by atoms with Crippen LogP contribution < -0.4 is 0 Å². The van der Waals surface area contributed by atoms with Gasteiger partial charge in [0.25, 0.3) is 0 Å². The number of aryl methyl sites for hydroxylation is 3. The SMILES string of the molecule is Cc1ccccc1SCC(=O)CCc1nccn1C. The van der Waals surface area contributed by atoms with E-state index in [4.69, 9.17) is 0 Å². The van der Waals surface area contributed by atoms with Gasteiger partial charge >= 0.3 is 0 Å². The van der Waals surface area contributed by atoms with Gasteiger partial charge in [0.1, 0.15) is 11.6 Å². The minimum Gasteiger partial charge on any atom is -0.338 e. The maximum Gasteiger partial charge on any atom is 0.143 e. The predicted octanol–water partition coefficient (Wildman–Crippen LogP) is 3.02. The topological polar surface area (TPSA) is 34.9 Å². The average Bonchev–Trinajstić information content (AvgIpc) is 2.81. The van der Waals surface area contributed by atoms with Gasteiger partial charge in [-0.2, -0.15) is 0 Å². The number of thioether (sulfide) groups is 1. The Bertz CT molecular complexity index is 563. The molecule has 0 saturated heterocycles. The molecule has 3 nitrogen and oxygen atoms in total. The largest absolute Gasteiger partial charge is 0.338 e. The molecule has 0 fully saturated rings. The Morgan fingerprint density at radius 1 is 1.37 bits per heavy atom. The van der Waals surface area contributed by atoms with Crippen LogP contribution >= 0.6 is 11.8 Å². The number of hydrogen-bond acceptors (Lipinski definition) is 3. The van der Waals surface area contributed by atoms with Crippen molar-refractivity contribution >= 4 is 17.5 Å². The second kappa shape index (κ2) is 6.57. The van der Waals surface area contributed by atoms with E-state index in [1.807, 2.05) is 29.9 Å². The highest BCUT2D eigenvalue weighted by atomic mass is 32.2. The molecular formula is C15H18N2OS. The second-order valence-electron chi connectivity index (χ2n) is 4.55. The van der Waals surface area contributed by atoms with Crippen LogP contribution in [0, 0.1) is 6.92 Å². The van der Waals surface area contributed by atoms with E-state index in [0.29, 0.717) is 12.2 Å². The molecule has 0 aliphatic carbocycles. The van der Waals surface area contributed by atoms with Gasteiger partial charge in [-0.1, -0.05) is 18.2 Å². The molecule has 19 heavy (non-hydrogen) atoms. The van der Waals surface area contributed by atoms with Crippen LogP contribution in [0.5, 0.6) is 0 Å². The zero-order valence-electron chi connectivity index (χ0n) is 11.3. The third kappa shape index (κ3) is 3.96. The summed E-state index contributed by atoms with van der Waals surface area (Å²) in [7, 11) is 1.95. The highest BCUT2D eigenvalue weighted by Gasteiger charge is 2.07. The molecule has 2 aromatic rings. The Labute approximate surface area is 118 Å². The number of ketones is 1. The lowest BCUT2D eigenvalue weighted by molar-refractivity contribution is -0.116. The summed E-state index contributed by atoms with van der Waals surface area (Å²) in [6, 6.07) is 8.16. The fourth-order valence-corrected chi connectivity index (χ4v) is 2.77. The summed E-state index contributed by atoms with van der Waals surface area (Å²) in [5.41, 5.74) is 1.23. The summed E-state index contributed by atoms with van der Waals surface area (Å²) >= 11 is 1.62. The molecule has 0 saturated carbocycles. The first-order valence-corrected chi connectivity index (χ1v) is 7.31. The third-order valence-electron chi connectivity index (χ3n) is 3.03. The Balaban J connectivity index is 1.79. The number of rotatable bonds is 6. The summed E-state index contributed by atoms with van der Waals surface area (Å²) < 4.78 is 1.96. The zero-order chi connectivity index (χ0) is 13.7. The maximum absolute atomic E-state index is 11.9. The minimum absolute atomic E-state index is 0.274. The molecule has 4 heteroatoms. The van der Waals surface area contributed by atoms with Crippen LogP contribution in [0.25, 0.3) is 0 Å². The first-order chi connectivity index (χ1) is 9.16. The van der Waals surface area contributed by atoms with Crippen LogP contribution in [0.15, 0.2) is 41.6 Å². The summed E-state index contributed by atoms with van der Waals surface area (Å²) in [5, 5.41) is 0. The van der Waals surface area contributed by atoms with Crippen LogP contribution in [-0.2, 0) is 18.3 Å². The third-order valence-corrected chi connectivity index (χ3v) is 4.27. The summed E-state index contributed by atoms with van der Waals surface area (Å²) in [5.74, 6) is 1.78. The highest BCUT2D eigenvalue weighted by molar-refractivity contribution is 8.00. The Kier molecular flexibility index (Phi) is 4.80. The quantitative estimate of drug-likeness (QED) is 0.759. The average molecular weight is 274 g/mol. The minimum atomic E-state index is 0.274. The van der Waals surface area contributed by atoms with Gasteiger partial charge in [0.15, 0.2) is 0 Å². The molecular weight excluding hydrogens is 256 g/mol. The predicted molar refractivity (Wildman–Crippen MR) is 78.4 cm³/mol. The lowest BCUT2D eigenvalue weighted by Gasteiger charge is -2.05. The van der Waals surface area contributed by atoms with Gasteiger partial charge < -0.3 is 4.57 Å². The van der Waals surface area contributed by atoms with Crippen molar-refractivity contribution in [2.24, 2.45) is 7.05 Å². The molecule has 0 radical (unpaired) electrons. The van der Waals surface area contributed by atoms with Crippen molar-refractivity contribution in [3.8, 4) is 0 Å². The molecule has 100 valence electrons. The second-order valence-corrected chi connectivity index (χ2v) is 5.56. The van der Waals surface area contributed by atoms with Gasteiger partial charge in [-0.15, -0.1) is 11.8 Å². The molecule has 0 bridgehead atoms. The first kappa shape index (κ1) is 13.9. The van der Waals surface area contributed by atoms with Crippen LogP contribution in [-0.4, -0.2) is 21.1 Å². The van der Waals surface area contributed by atoms with E-state index in [0.717, 1.165) is 12.2 Å². The van der Waals surface area contributed by atoms with Crippen molar-refractivity contribution in [1.29, 1.82) is 0 Å². The van der Waals surface area contributed by atoms with Gasteiger partial charge in [-0.25, -0.2) is 4.98 Å². The molecule has 0 atom stereocenters. The molecule has 0 aliphatic rings. The zero-order valence-corrected chi connectivity index (χ0v) is 12.1. The number of aromatic nitrogens is 2. The lowest BCUT2D eigenvalue weighted by Crippen LogP contribution is -2.06. The van der Waals surface area contributed by atoms with Gasteiger partial charge in [0.05, 0.1) is 5.75 Å². The molecule has 0 spiro atoms. The van der Waals surface area contributed by atoms with Gasteiger partial charge in [0, 0.05) is 37.2 Å². The molecule has 2 rings (SSSR count). The van der Waals surface area contributed by atoms with Crippen molar-refractivity contribution in [1.82, 2.24) is 9.55 Å². The number of nitrogens with zero attached hydrogens (tertiary/aromatic N) is 2. The Morgan fingerprint density at radius 2 is 2.16 bits per heavy atom. The Morgan fingerprint density at radius 3 is 2.84 bits per heavy atom. The number of hydrogen-bond donors (Lipinski definition) is 0. The van der Waals surface area contributed by atoms with E-state index < -0.39 is 0 Å². The number of imidazole rings is 1. The van der Waals surface area contributed by atoms with Gasteiger partial charge in [-0.05, 0) is 18.6 Å². The van der Waals surface area contributed by atoms with Gasteiger partial charge in [0.2, 0.25) is 0 Å². The maximum atomic E-state index is 11.9. The summed E-state index contributed by atoms with van der Waals surface area (Å²) in [6.07, 6.45) is 4.95. The lowest BCUT2D eigenvalue weighted by atomic mass is 10.2. The fraction of sp³-hybridized carbons (Fsp3) is 0.333. The van der Waals surface area contributed by atoms with Crippen molar-refractivity contribution < 1.29 is 4.79 Å². The van der Waals surface area contributed by atoms with Crippen LogP contribution in [0.2, 0.25) is 0 Å². The Hall–Kier alpha value is -1.55. The standard InChI is InChI=1S/C15H18N2OS/c1-12-5-3-4-6-14(12)19-11-13(18)7-8-15-16-9-10-17(15)2/h3-6,9-10H,7-8,11H2,1-2H3. The number of Topliss-reactive ketones (excluding diaryl/α,β-unsaturated/α-hetero) is 1. The van der Waals surface area contributed by atoms with Crippen LogP contribution in [0.4, 0.5) is 0 Å². The van der Waals surface area contributed by atoms with Crippen molar-refractivity contribution in [3.05, 3.63) is 48.0 Å². The molecule has 0 N–H and O–H groups in total. The summed E-state index contributed by atoms with van der Waals surface area (Å²) in [6.45, 7) is 2.07. The van der Waals surface area contributed by atoms with E-state index in [1.54, 1.807) is 18.0 Å². The highest BCUT2D eigenvalue weighted by Crippen LogP contribution is 2.22. The first-order valence-electron chi connectivity index (χ1n) is 6.33. The van der Waals surface area contributed by atoms with E-state index >= 15 is 0 Å². The molecule has 0 amide bonds. The number of carbonyl (C=O) groups excluding carboxylic acids is 1. The van der Waals surface area contributed by atoms with E-state index in [-0.39, 0.29) is 5.78 Å². The van der Waals surface area contributed by atoms with E-state index in [2.05, 4.69) is 24.0 Å². The van der Waals surface area contributed by atoms with Crippen LogP contribution in [0.3, 0.4) is 0 Å². The normalized spacial score (nSPS) is 10.6. The molecule has 1 aromatic heterocycles. The molecule has 1 aromatic carbocycles. The van der Waals surface area contributed by atoms with Crippen molar-refractivity contribution in [3.63, 3.8) is 0 Å². The van der Waals surface area contributed by atoms with Gasteiger partial charge in [-0.3, -0.25) is 4.79 Å². The van der Waals surface area contributed by atoms with Crippen molar-refractivity contribution in [2.45, 2.75) is 24.7 Å². The fourth-order valence-electron chi connectivity index (χ4n) is 1.84. The molecule has 1 heterocycles.